The Kier molecular flexibility index (Phi) is 4.20. The summed E-state index contributed by atoms with van der Waals surface area (Å²) in [6.07, 6.45) is 1.08. The van der Waals surface area contributed by atoms with Gasteiger partial charge in [-0.05, 0) is 51.3 Å². The zero-order chi connectivity index (χ0) is 15.7. The number of hydrogen-bond donors (Lipinski definition) is 2. The number of carbonyl (C=O) groups is 1. The predicted octanol–water partition coefficient (Wildman–Crippen LogP) is 3.09. The number of rotatable bonds is 4. The third-order valence-corrected chi connectivity index (χ3v) is 3.40. The first kappa shape index (κ1) is 15.7. The molecule has 3 N–H and O–H groups in total. The Morgan fingerprint density at radius 2 is 2.10 bits per heavy atom. The molecule has 1 aliphatic rings. The highest BCUT2D eigenvalue weighted by atomic mass is 19.1. The van der Waals surface area contributed by atoms with Gasteiger partial charge < -0.3 is 9.57 Å². The highest BCUT2D eigenvalue weighted by molar-refractivity contribution is 5.84. The smallest absolute Gasteiger partial charge is 0.412 e. The molecular weight excluding hydrogens is 275 g/mol. The fraction of sp³-hybridized carbons (Fsp3) is 0.533. The molecule has 0 aromatic heterocycles. The predicted molar refractivity (Wildman–Crippen MR) is 77.3 cm³/mol. The fourth-order valence-corrected chi connectivity index (χ4v) is 2.25. The molecule has 0 bridgehead atoms. The van der Waals surface area contributed by atoms with Gasteiger partial charge in [-0.2, -0.15) is 0 Å². The van der Waals surface area contributed by atoms with Crippen LogP contribution < -0.4 is 11.2 Å². The number of ether oxygens (including phenoxy) is 1. The standard InChI is InChI=1S/C15H21FN2O3/c1-14(2,3)21-13(19)18-10-4-5-11(12(16)8-10)15(6-7-15)9-20-17/h4-5,8H,6-7,9,17H2,1-3H3,(H,18,19). The summed E-state index contributed by atoms with van der Waals surface area (Å²) in [6, 6.07) is 4.60. The van der Waals surface area contributed by atoms with E-state index in [1.54, 1.807) is 32.9 Å². The summed E-state index contributed by atoms with van der Waals surface area (Å²) in [7, 11) is 0. The van der Waals surface area contributed by atoms with Gasteiger partial charge in [0.25, 0.3) is 0 Å². The van der Waals surface area contributed by atoms with Crippen LogP contribution in [-0.2, 0) is 15.0 Å². The van der Waals surface area contributed by atoms with Gasteiger partial charge in [0.05, 0.1) is 6.61 Å². The topological polar surface area (TPSA) is 73.6 Å². The van der Waals surface area contributed by atoms with Gasteiger partial charge in [0, 0.05) is 11.1 Å². The number of hydrogen-bond acceptors (Lipinski definition) is 4. The fourth-order valence-electron chi connectivity index (χ4n) is 2.25. The van der Waals surface area contributed by atoms with Crippen LogP contribution >= 0.6 is 0 Å². The van der Waals surface area contributed by atoms with Gasteiger partial charge in [-0.1, -0.05) is 6.07 Å². The molecule has 0 aliphatic heterocycles. The SMILES string of the molecule is CC(C)(C)OC(=O)Nc1ccc(C2(CON)CC2)c(F)c1. The molecule has 0 radical (unpaired) electrons. The van der Waals surface area contributed by atoms with Crippen molar-refractivity contribution in [2.24, 2.45) is 5.90 Å². The van der Waals surface area contributed by atoms with E-state index in [0.29, 0.717) is 17.9 Å². The van der Waals surface area contributed by atoms with Crippen LogP contribution in [0.1, 0.15) is 39.2 Å². The first-order chi connectivity index (χ1) is 9.76. The van der Waals surface area contributed by atoms with Crippen LogP contribution in [0.25, 0.3) is 0 Å². The summed E-state index contributed by atoms with van der Waals surface area (Å²) < 4.78 is 19.3. The lowest BCUT2D eigenvalue weighted by Crippen LogP contribution is -2.27. The van der Waals surface area contributed by atoms with Crippen molar-refractivity contribution in [1.29, 1.82) is 0 Å². The van der Waals surface area contributed by atoms with E-state index in [1.165, 1.54) is 6.07 Å². The third-order valence-electron chi connectivity index (χ3n) is 3.40. The van der Waals surface area contributed by atoms with Crippen molar-refractivity contribution in [1.82, 2.24) is 0 Å². The second kappa shape index (κ2) is 5.61. The highest BCUT2D eigenvalue weighted by Gasteiger charge is 2.46. The molecule has 0 atom stereocenters. The summed E-state index contributed by atoms with van der Waals surface area (Å²) >= 11 is 0. The Morgan fingerprint density at radius 1 is 1.43 bits per heavy atom. The van der Waals surface area contributed by atoms with Crippen LogP contribution in [0.15, 0.2) is 18.2 Å². The lowest BCUT2D eigenvalue weighted by Gasteiger charge is -2.20. The van der Waals surface area contributed by atoms with Gasteiger partial charge in [0.2, 0.25) is 0 Å². The Labute approximate surface area is 123 Å². The molecule has 0 saturated heterocycles. The number of halogens is 1. The first-order valence-electron chi connectivity index (χ1n) is 6.87. The minimum Gasteiger partial charge on any atom is -0.444 e. The molecule has 0 spiro atoms. The molecule has 2 rings (SSSR count). The molecule has 1 aromatic rings. The van der Waals surface area contributed by atoms with E-state index in [9.17, 15) is 9.18 Å². The zero-order valence-electron chi connectivity index (χ0n) is 12.5. The van der Waals surface area contributed by atoms with Crippen LogP contribution in [0.2, 0.25) is 0 Å². The van der Waals surface area contributed by atoms with Crippen molar-refractivity contribution in [3.8, 4) is 0 Å². The maximum atomic E-state index is 14.2. The molecule has 1 amide bonds. The number of carbonyl (C=O) groups excluding carboxylic acids is 1. The van der Waals surface area contributed by atoms with Crippen molar-refractivity contribution in [3.05, 3.63) is 29.6 Å². The van der Waals surface area contributed by atoms with Crippen molar-refractivity contribution < 1.29 is 18.8 Å². The van der Waals surface area contributed by atoms with Crippen molar-refractivity contribution >= 4 is 11.8 Å². The molecule has 5 nitrogen and oxygen atoms in total. The average Bonchev–Trinajstić information content (AvgIpc) is 3.07. The molecule has 0 heterocycles. The maximum absolute atomic E-state index is 14.2. The quantitative estimate of drug-likeness (QED) is 0.837. The van der Waals surface area contributed by atoms with Crippen LogP contribution in [0.4, 0.5) is 14.9 Å². The first-order valence-corrected chi connectivity index (χ1v) is 6.87. The van der Waals surface area contributed by atoms with Crippen molar-refractivity contribution in [2.45, 2.75) is 44.6 Å². The molecule has 1 fully saturated rings. The second-order valence-electron chi connectivity index (χ2n) is 6.41. The lowest BCUT2D eigenvalue weighted by atomic mass is 9.96. The molecule has 6 heteroatoms. The molecule has 1 aromatic carbocycles. The summed E-state index contributed by atoms with van der Waals surface area (Å²) in [5, 5.41) is 2.51. The summed E-state index contributed by atoms with van der Waals surface area (Å²) in [5.74, 6) is 4.72. The van der Waals surface area contributed by atoms with Crippen LogP contribution in [0.5, 0.6) is 0 Å². The van der Waals surface area contributed by atoms with E-state index in [2.05, 4.69) is 10.2 Å². The van der Waals surface area contributed by atoms with E-state index in [1.807, 2.05) is 0 Å². The summed E-state index contributed by atoms with van der Waals surface area (Å²) in [4.78, 5) is 16.3. The highest BCUT2D eigenvalue weighted by Crippen LogP contribution is 2.49. The van der Waals surface area contributed by atoms with Crippen LogP contribution in [0.3, 0.4) is 0 Å². The number of nitrogens with two attached hydrogens (primary N) is 1. The summed E-state index contributed by atoms with van der Waals surface area (Å²) in [6.45, 7) is 5.59. The second-order valence-corrected chi connectivity index (χ2v) is 6.41. The molecular formula is C15H21FN2O3. The largest absolute Gasteiger partial charge is 0.444 e. The minimum atomic E-state index is -0.610. The van der Waals surface area contributed by atoms with Crippen molar-refractivity contribution in [2.75, 3.05) is 11.9 Å². The van der Waals surface area contributed by atoms with Gasteiger partial charge >= 0.3 is 6.09 Å². The average molecular weight is 296 g/mol. The maximum Gasteiger partial charge on any atom is 0.412 e. The van der Waals surface area contributed by atoms with Gasteiger partial charge in [-0.3, -0.25) is 5.32 Å². The minimum absolute atomic E-state index is 0.294. The third kappa shape index (κ3) is 3.92. The molecule has 1 aliphatic carbocycles. The van der Waals surface area contributed by atoms with E-state index < -0.39 is 11.7 Å². The number of nitrogens with one attached hydrogen (secondary N) is 1. The van der Waals surface area contributed by atoms with E-state index in [4.69, 9.17) is 10.6 Å². The Morgan fingerprint density at radius 3 is 2.57 bits per heavy atom. The molecule has 1 saturated carbocycles. The normalized spacial score (nSPS) is 16.4. The van der Waals surface area contributed by atoms with Gasteiger partial charge in [-0.15, -0.1) is 0 Å². The molecule has 116 valence electrons. The summed E-state index contributed by atoms with van der Waals surface area (Å²) in [5.41, 5.74) is 0.0141. The number of benzene rings is 1. The van der Waals surface area contributed by atoms with E-state index in [0.717, 1.165) is 12.8 Å². The Balaban J connectivity index is 2.08. The Bertz CT molecular complexity index is 536. The molecule has 0 unspecified atom stereocenters. The van der Waals surface area contributed by atoms with Crippen LogP contribution in [-0.4, -0.2) is 18.3 Å². The van der Waals surface area contributed by atoms with E-state index in [-0.39, 0.29) is 11.2 Å². The Hall–Kier alpha value is -1.66. The molecule has 21 heavy (non-hydrogen) atoms. The van der Waals surface area contributed by atoms with Crippen molar-refractivity contribution in [3.63, 3.8) is 0 Å². The van der Waals surface area contributed by atoms with E-state index >= 15 is 0 Å². The monoisotopic (exact) mass is 296 g/mol. The van der Waals surface area contributed by atoms with Gasteiger partial charge in [-0.25, -0.2) is 15.1 Å². The number of anilines is 1. The van der Waals surface area contributed by atoms with Crippen LogP contribution in [0, 0.1) is 5.82 Å². The number of amides is 1. The van der Waals surface area contributed by atoms with Gasteiger partial charge in [0.1, 0.15) is 11.4 Å². The zero-order valence-corrected chi connectivity index (χ0v) is 12.5. The lowest BCUT2D eigenvalue weighted by molar-refractivity contribution is 0.0636. The van der Waals surface area contributed by atoms with Gasteiger partial charge in [0.15, 0.2) is 0 Å².